The number of aromatic nitrogens is 1. The van der Waals surface area contributed by atoms with Crippen molar-refractivity contribution in [2.75, 3.05) is 13.1 Å². The standard InChI is InChI=1S/C11H11N3O3S/c15-14(16)7-1-2-10-9(5-7)13-11(18-10)17-8-3-4-12-6-8/h1-2,5,8,12H,3-4,6H2. The van der Waals surface area contributed by atoms with Gasteiger partial charge in [-0.05, 0) is 19.0 Å². The molecule has 1 aromatic carbocycles. The molecule has 1 unspecified atom stereocenters. The monoisotopic (exact) mass is 265 g/mol. The van der Waals surface area contributed by atoms with E-state index in [9.17, 15) is 10.1 Å². The van der Waals surface area contributed by atoms with Crippen LogP contribution in [-0.4, -0.2) is 29.1 Å². The number of non-ortho nitro benzene ring substituents is 1. The minimum atomic E-state index is -0.416. The van der Waals surface area contributed by atoms with Gasteiger partial charge in [-0.2, -0.15) is 0 Å². The molecule has 0 radical (unpaired) electrons. The van der Waals surface area contributed by atoms with Gasteiger partial charge in [0.2, 0.25) is 0 Å². The Morgan fingerprint density at radius 1 is 1.56 bits per heavy atom. The van der Waals surface area contributed by atoms with Crippen molar-refractivity contribution in [3.8, 4) is 5.19 Å². The predicted molar refractivity (Wildman–Crippen MR) is 68.2 cm³/mol. The van der Waals surface area contributed by atoms with Crippen molar-refractivity contribution in [2.24, 2.45) is 0 Å². The molecule has 0 saturated carbocycles. The summed E-state index contributed by atoms with van der Waals surface area (Å²) in [6, 6.07) is 4.68. The van der Waals surface area contributed by atoms with Crippen molar-refractivity contribution in [3.63, 3.8) is 0 Å². The highest BCUT2D eigenvalue weighted by Gasteiger charge is 2.18. The molecule has 3 rings (SSSR count). The van der Waals surface area contributed by atoms with Crippen LogP contribution >= 0.6 is 11.3 Å². The second-order valence-corrected chi connectivity index (χ2v) is 5.11. The first-order valence-corrected chi connectivity index (χ1v) is 6.46. The largest absolute Gasteiger partial charge is 0.465 e. The van der Waals surface area contributed by atoms with E-state index in [4.69, 9.17) is 4.74 Å². The minimum Gasteiger partial charge on any atom is -0.465 e. The summed E-state index contributed by atoms with van der Waals surface area (Å²) >= 11 is 1.42. The summed E-state index contributed by atoms with van der Waals surface area (Å²) in [7, 11) is 0. The number of hydrogen-bond acceptors (Lipinski definition) is 6. The maximum atomic E-state index is 10.7. The number of ether oxygens (including phenoxy) is 1. The normalized spacial score (nSPS) is 19.2. The SMILES string of the molecule is O=[N+]([O-])c1ccc2sc(OC3CCNC3)nc2c1. The van der Waals surface area contributed by atoms with E-state index in [2.05, 4.69) is 10.3 Å². The van der Waals surface area contributed by atoms with Crippen LogP contribution in [0.1, 0.15) is 6.42 Å². The predicted octanol–water partition coefficient (Wildman–Crippen LogP) is 1.95. The third-order valence-electron chi connectivity index (χ3n) is 2.84. The lowest BCUT2D eigenvalue weighted by molar-refractivity contribution is -0.384. The zero-order valence-corrected chi connectivity index (χ0v) is 10.3. The van der Waals surface area contributed by atoms with E-state index in [1.807, 2.05) is 0 Å². The summed E-state index contributed by atoms with van der Waals surface area (Å²) in [5.74, 6) is 0. The van der Waals surface area contributed by atoms with Gasteiger partial charge >= 0.3 is 0 Å². The number of nitro benzene ring substituents is 1. The van der Waals surface area contributed by atoms with Gasteiger partial charge in [-0.1, -0.05) is 11.3 Å². The number of nitrogens with one attached hydrogen (secondary N) is 1. The first-order chi connectivity index (χ1) is 8.72. The third kappa shape index (κ3) is 2.14. The van der Waals surface area contributed by atoms with E-state index < -0.39 is 4.92 Å². The first-order valence-electron chi connectivity index (χ1n) is 5.65. The molecule has 0 aliphatic carbocycles. The summed E-state index contributed by atoms with van der Waals surface area (Å²) < 4.78 is 6.64. The molecule has 6 nitrogen and oxygen atoms in total. The molecule has 18 heavy (non-hydrogen) atoms. The van der Waals surface area contributed by atoms with Crippen molar-refractivity contribution < 1.29 is 9.66 Å². The van der Waals surface area contributed by atoms with Crippen LogP contribution in [0.3, 0.4) is 0 Å². The van der Waals surface area contributed by atoms with E-state index in [0.717, 1.165) is 24.2 Å². The number of nitrogens with zero attached hydrogens (tertiary/aromatic N) is 2. The molecule has 1 aliphatic rings. The lowest BCUT2D eigenvalue weighted by Crippen LogP contribution is -2.19. The molecule has 94 valence electrons. The zero-order chi connectivity index (χ0) is 12.5. The van der Waals surface area contributed by atoms with Crippen LogP contribution in [0.4, 0.5) is 5.69 Å². The van der Waals surface area contributed by atoms with Gasteiger partial charge < -0.3 is 10.1 Å². The fourth-order valence-corrected chi connectivity index (χ4v) is 2.79. The number of rotatable bonds is 3. The Morgan fingerprint density at radius 3 is 3.17 bits per heavy atom. The van der Waals surface area contributed by atoms with Gasteiger partial charge in [0.15, 0.2) is 0 Å². The van der Waals surface area contributed by atoms with Gasteiger partial charge in [-0.25, -0.2) is 4.98 Å². The maximum Gasteiger partial charge on any atom is 0.274 e. The molecule has 0 bridgehead atoms. The van der Waals surface area contributed by atoms with E-state index in [-0.39, 0.29) is 11.8 Å². The molecule has 1 fully saturated rings. The highest BCUT2D eigenvalue weighted by atomic mass is 32.1. The first kappa shape index (κ1) is 11.4. The average molecular weight is 265 g/mol. The van der Waals surface area contributed by atoms with Crippen LogP contribution in [0.5, 0.6) is 5.19 Å². The lowest BCUT2D eigenvalue weighted by atomic mass is 10.3. The molecule has 1 aromatic heterocycles. The number of hydrogen-bond donors (Lipinski definition) is 1. The quantitative estimate of drug-likeness (QED) is 0.678. The lowest BCUT2D eigenvalue weighted by Gasteiger charge is -2.07. The molecule has 0 spiro atoms. The number of thiazole rings is 1. The van der Waals surface area contributed by atoms with E-state index in [0.29, 0.717) is 10.7 Å². The molecule has 0 amide bonds. The highest BCUT2D eigenvalue weighted by Crippen LogP contribution is 2.31. The van der Waals surface area contributed by atoms with Crippen molar-refractivity contribution in [3.05, 3.63) is 28.3 Å². The van der Waals surface area contributed by atoms with E-state index >= 15 is 0 Å². The second-order valence-electron chi connectivity index (χ2n) is 4.12. The fourth-order valence-electron chi connectivity index (χ4n) is 1.93. The van der Waals surface area contributed by atoms with Crippen LogP contribution in [0.2, 0.25) is 0 Å². The summed E-state index contributed by atoms with van der Waals surface area (Å²) in [4.78, 5) is 14.5. The molecule has 7 heteroatoms. The van der Waals surface area contributed by atoms with E-state index in [1.165, 1.54) is 23.5 Å². The van der Waals surface area contributed by atoms with Gasteiger partial charge in [-0.15, -0.1) is 0 Å². The fraction of sp³-hybridized carbons (Fsp3) is 0.364. The van der Waals surface area contributed by atoms with Crippen molar-refractivity contribution >= 4 is 27.2 Å². The Balaban J connectivity index is 1.87. The molecule has 2 aromatic rings. The molecular formula is C11H11N3O3S. The second kappa shape index (κ2) is 4.51. The molecule has 1 atom stereocenters. The van der Waals surface area contributed by atoms with Gasteiger partial charge in [-0.3, -0.25) is 10.1 Å². The Kier molecular flexibility index (Phi) is 2.85. The smallest absolute Gasteiger partial charge is 0.274 e. The molecule has 1 N–H and O–H groups in total. The molecule has 1 aliphatic heterocycles. The Hall–Kier alpha value is -1.73. The molecule has 2 heterocycles. The third-order valence-corrected chi connectivity index (χ3v) is 3.77. The average Bonchev–Trinajstić information content (AvgIpc) is 2.96. The minimum absolute atomic E-state index is 0.0573. The van der Waals surface area contributed by atoms with Crippen molar-refractivity contribution in [2.45, 2.75) is 12.5 Å². The molecular weight excluding hydrogens is 254 g/mol. The van der Waals surface area contributed by atoms with Crippen LogP contribution in [0.15, 0.2) is 18.2 Å². The summed E-state index contributed by atoms with van der Waals surface area (Å²) in [6.07, 6.45) is 1.12. The Bertz CT molecular complexity index is 592. The topological polar surface area (TPSA) is 77.3 Å². The van der Waals surface area contributed by atoms with Crippen molar-refractivity contribution in [1.82, 2.24) is 10.3 Å². The zero-order valence-electron chi connectivity index (χ0n) is 9.46. The Labute approximate surface area is 107 Å². The summed E-state index contributed by atoms with van der Waals surface area (Å²) in [5, 5.41) is 14.5. The van der Waals surface area contributed by atoms with E-state index in [1.54, 1.807) is 6.07 Å². The van der Waals surface area contributed by atoms with Crippen LogP contribution < -0.4 is 10.1 Å². The summed E-state index contributed by atoms with van der Waals surface area (Å²) in [6.45, 7) is 1.79. The number of nitro groups is 1. The molecule has 1 saturated heterocycles. The van der Waals surface area contributed by atoms with Gasteiger partial charge in [0.25, 0.3) is 10.9 Å². The van der Waals surface area contributed by atoms with Gasteiger partial charge in [0, 0.05) is 18.7 Å². The van der Waals surface area contributed by atoms with Gasteiger partial charge in [0.1, 0.15) is 6.10 Å². The Morgan fingerprint density at radius 2 is 2.44 bits per heavy atom. The van der Waals surface area contributed by atoms with Crippen LogP contribution in [0, 0.1) is 10.1 Å². The maximum absolute atomic E-state index is 10.7. The van der Waals surface area contributed by atoms with Crippen molar-refractivity contribution in [1.29, 1.82) is 0 Å². The van der Waals surface area contributed by atoms with Gasteiger partial charge in [0.05, 0.1) is 15.1 Å². The highest BCUT2D eigenvalue weighted by molar-refractivity contribution is 7.20. The van der Waals surface area contributed by atoms with Crippen LogP contribution in [-0.2, 0) is 0 Å². The number of benzene rings is 1. The van der Waals surface area contributed by atoms with Crippen LogP contribution in [0.25, 0.3) is 10.2 Å². The summed E-state index contributed by atoms with van der Waals surface area (Å²) in [5.41, 5.74) is 0.678. The number of fused-ring (bicyclic) bond motifs is 1.